The number of hydrogen-bond donors (Lipinski definition) is 0. The molecular weight excluding hydrogens is 377 g/mol. The van der Waals surface area contributed by atoms with Gasteiger partial charge in [-0.15, -0.1) is 0 Å². The van der Waals surface area contributed by atoms with E-state index in [-0.39, 0.29) is 16.7 Å². The molecule has 12 heteroatoms. The van der Waals surface area contributed by atoms with Crippen LogP contribution in [0.15, 0.2) is 18.6 Å². The SMILES string of the molecule is Cn1cnc([N+](=O)[O-])c1N1CCN(c2ncc(C(F)(F)F)cc2Cl)CC1. The van der Waals surface area contributed by atoms with E-state index in [1.165, 1.54) is 6.33 Å². The number of pyridine rings is 1. The number of nitrogens with zero attached hydrogens (tertiary/aromatic N) is 6. The first-order chi connectivity index (χ1) is 12.2. The van der Waals surface area contributed by atoms with Crippen molar-refractivity contribution in [2.24, 2.45) is 7.05 Å². The zero-order chi connectivity index (χ0) is 19.1. The molecule has 1 fully saturated rings. The summed E-state index contributed by atoms with van der Waals surface area (Å²) in [4.78, 5) is 21.7. The fraction of sp³-hybridized carbons (Fsp3) is 0.429. The molecule has 0 N–H and O–H groups in total. The number of imidazole rings is 1. The number of hydrogen-bond acceptors (Lipinski definition) is 6. The maximum Gasteiger partial charge on any atom is 0.417 e. The molecule has 0 spiro atoms. The lowest BCUT2D eigenvalue weighted by atomic mass is 10.2. The maximum atomic E-state index is 12.7. The third-order valence-corrected chi connectivity index (χ3v) is 4.37. The first-order valence-electron chi connectivity index (χ1n) is 7.57. The average Bonchev–Trinajstić information content (AvgIpc) is 2.96. The van der Waals surface area contributed by atoms with Crippen LogP contribution in [0.2, 0.25) is 5.02 Å². The van der Waals surface area contributed by atoms with Crippen LogP contribution in [-0.4, -0.2) is 45.6 Å². The second-order valence-electron chi connectivity index (χ2n) is 5.76. The standard InChI is InChI=1S/C14H14ClF3N6O2/c1-21-8-20-12(24(25)26)13(21)23-4-2-22(3-5-23)11-10(15)6-9(7-19-11)14(16,17)18/h6-8H,2-5H2,1H3. The van der Waals surface area contributed by atoms with Crippen molar-refractivity contribution < 1.29 is 18.1 Å². The van der Waals surface area contributed by atoms with E-state index in [2.05, 4.69) is 9.97 Å². The number of nitro groups is 1. The van der Waals surface area contributed by atoms with Gasteiger partial charge in [0.05, 0.1) is 10.6 Å². The van der Waals surface area contributed by atoms with Crippen LogP contribution in [0.1, 0.15) is 5.56 Å². The Bertz CT molecular complexity index is 833. The molecular formula is C14H14ClF3N6O2. The van der Waals surface area contributed by atoms with Gasteiger partial charge in [-0.2, -0.15) is 13.2 Å². The van der Waals surface area contributed by atoms with Crippen LogP contribution in [0.5, 0.6) is 0 Å². The van der Waals surface area contributed by atoms with Gasteiger partial charge in [0.15, 0.2) is 0 Å². The summed E-state index contributed by atoms with van der Waals surface area (Å²) in [5.74, 6) is 0.423. The van der Waals surface area contributed by atoms with Crippen molar-refractivity contribution in [1.29, 1.82) is 0 Å². The van der Waals surface area contributed by atoms with Gasteiger partial charge in [0.2, 0.25) is 12.1 Å². The van der Waals surface area contributed by atoms with E-state index < -0.39 is 16.7 Å². The van der Waals surface area contributed by atoms with Gasteiger partial charge in [-0.3, -0.25) is 4.57 Å². The molecule has 0 aliphatic carbocycles. The molecule has 0 unspecified atom stereocenters. The fourth-order valence-corrected chi connectivity index (χ4v) is 3.14. The Balaban J connectivity index is 1.75. The van der Waals surface area contributed by atoms with Gasteiger partial charge in [0.1, 0.15) is 5.82 Å². The van der Waals surface area contributed by atoms with Crippen molar-refractivity contribution >= 4 is 29.1 Å². The topological polar surface area (TPSA) is 80.3 Å². The Morgan fingerprint density at radius 2 is 1.81 bits per heavy atom. The third kappa shape index (κ3) is 3.39. The minimum Gasteiger partial charge on any atom is -0.358 e. The van der Waals surface area contributed by atoms with Crippen LogP contribution < -0.4 is 9.80 Å². The summed E-state index contributed by atoms with van der Waals surface area (Å²) >= 11 is 5.98. The number of alkyl halides is 3. The predicted octanol–water partition coefficient (Wildman–Crippen LogP) is 2.72. The van der Waals surface area contributed by atoms with Crippen molar-refractivity contribution in [3.05, 3.63) is 39.3 Å². The van der Waals surface area contributed by atoms with Crippen LogP contribution in [0.25, 0.3) is 0 Å². The van der Waals surface area contributed by atoms with Crippen LogP contribution in [0.4, 0.5) is 30.6 Å². The first-order valence-corrected chi connectivity index (χ1v) is 7.94. The summed E-state index contributed by atoms with van der Waals surface area (Å²) in [5, 5.41) is 11.0. The molecule has 0 aromatic carbocycles. The number of anilines is 2. The molecule has 2 aromatic rings. The van der Waals surface area contributed by atoms with Gasteiger partial charge >= 0.3 is 12.0 Å². The smallest absolute Gasteiger partial charge is 0.358 e. The highest BCUT2D eigenvalue weighted by atomic mass is 35.5. The Labute approximate surface area is 151 Å². The maximum absolute atomic E-state index is 12.7. The molecule has 2 aromatic heterocycles. The lowest BCUT2D eigenvalue weighted by Gasteiger charge is -2.36. The molecule has 0 bridgehead atoms. The largest absolute Gasteiger partial charge is 0.417 e. The van der Waals surface area contributed by atoms with Gasteiger partial charge < -0.3 is 19.9 Å². The van der Waals surface area contributed by atoms with Crippen LogP contribution >= 0.6 is 11.6 Å². The van der Waals surface area contributed by atoms with E-state index in [0.29, 0.717) is 32.0 Å². The molecule has 3 heterocycles. The molecule has 1 aliphatic heterocycles. The molecule has 0 atom stereocenters. The monoisotopic (exact) mass is 390 g/mol. The first kappa shape index (κ1) is 18.2. The molecule has 0 amide bonds. The van der Waals surface area contributed by atoms with Gasteiger partial charge in [0, 0.05) is 39.4 Å². The van der Waals surface area contributed by atoms with E-state index in [1.54, 1.807) is 21.4 Å². The normalized spacial score (nSPS) is 15.4. The second kappa shape index (κ2) is 6.63. The Morgan fingerprint density at radius 1 is 1.19 bits per heavy atom. The van der Waals surface area contributed by atoms with Gasteiger partial charge in [-0.1, -0.05) is 11.6 Å². The highest BCUT2D eigenvalue weighted by Crippen LogP contribution is 2.34. The summed E-state index contributed by atoms with van der Waals surface area (Å²) < 4.78 is 39.7. The zero-order valence-electron chi connectivity index (χ0n) is 13.6. The summed E-state index contributed by atoms with van der Waals surface area (Å²) in [5.41, 5.74) is -0.907. The van der Waals surface area contributed by atoms with Gasteiger partial charge in [-0.05, 0) is 16.0 Å². The molecule has 1 saturated heterocycles. The van der Waals surface area contributed by atoms with E-state index in [4.69, 9.17) is 11.6 Å². The molecule has 0 saturated carbocycles. The highest BCUT2D eigenvalue weighted by molar-refractivity contribution is 6.33. The van der Waals surface area contributed by atoms with Gasteiger partial charge in [0.25, 0.3) is 0 Å². The number of aryl methyl sites for hydroxylation is 1. The number of piperazine rings is 1. The summed E-state index contributed by atoms with van der Waals surface area (Å²) in [6.07, 6.45) is -2.39. The highest BCUT2D eigenvalue weighted by Gasteiger charge is 2.33. The second-order valence-corrected chi connectivity index (χ2v) is 6.17. The van der Waals surface area contributed by atoms with Crippen molar-refractivity contribution in [2.45, 2.75) is 6.18 Å². The quantitative estimate of drug-likeness (QED) is 0.592. The van der Waals surface area contributed by atoms with Crippen molar-refractivity contribution in [1.82, 2.24) is 14.5 Å². The Kier molecular flexibility index (Phi) is 4.65. The minimum atomic E-state index is -4.51. The molecule has 26 heavy (non-hydrogen) atoms. The van der Waals surface area contributed by atoms with E-state index in [1.807, 2.05) is 0 Å². The summed E-state index contributed by atoms with van der Waals surface area (Å²) in [6.45, 7) is 1.64. The lowest BCUT2D eigenvalue weighted by molar-refractivity contribution is -0.388. The minimum absolute atomic E-state index is 0.0835. The lowest BCUT2D eigenvalue weighted by Crippen LogP contribution is -2.47. The van der Waals surface area contributed by atoms with Crippen molar-refractivity contribution in [3.63, 3.8) is 0 Å². The van der Waals surface area contributed by atoms with E-state index in [9.17, 15) is 23.3 Å². The predicted molar refractivity (Wildman–Crippen MR) is 88.5 cm³/mol. The zero-order valence-corrected chi connectivity index (χ0v) is 14.3. The average molecular weight is 391 g/mol. The number of aromatic nitrogens is 3. The van der Waals surface area contributed by atoms with E-state index in [0.717, 1.165) is 12.3 Å². The molecule has 1 aliphatic rings. The number of rotatable bonds is 3. The molecule has 3 rings (SSSR count). The molecule has 8 nitrogen and oxygen atoms in total. The van der Waals surface area contributed by atoms with Crippen LogP contribution in [0.3, 0.4) is 0 Å². The Morgan fingerprint density at radius 3 is 2.35 bits per heavy atom. The third-order valence-electron chi connectivity index (χ3n) is 4.09. The Hall–Kier alpha value is -2.56. The van der Waals surface area contributed by atoms with Crippen molar-refractivity contribution in [2.75, 3.05) is 36.0 Å². The molecule has 0 radical (unpaired) electrons. The summed E-state index contributed by atoms with van der Waals surface area (Å²) in [6, 6.07) is 0.849. The summed E-state index contributed by atoms with van der Waals surface area (Å²) in [7, 11) is 1.66. The van der Waals surface area contributed by atoms with Crippen LogP contribution in [0, 0.1) is 10.1 Å². The van der Waals surface area contributed by atoms with Crippen molar-refractivity contribution in [3.8, 4) is 0 Å². The fourth-order valence-electron chi connectivity index (χ4n) is 2.85. The number of halogens is 4. The molecule has 140 valence electrons. The van der Waals surface area contributed by atoms with Gasteiger partial charge in [-0.25, -0.2) is 4.98 Å². The van der Waals surface area contributed by atoms with Crippen LogP contribution in [-0.2, 0) is 13.2 Å². The van der Waals surface area contributed by atoms with E-state index >= 15 is 0 Å².